The molecule has 2 heterocycles. The largest absolute Gasteiger partial charge is 0.450 e. The summed E-state index contributed by atoms with van der Waals surface area (Å²) in [6.45, 7) is 4.78. The fourth-order valence-electron chi connectivity index (χ4n) is 2.78. The highest BCUT2D eigenvalue weighted by Crippen LogP contribution is 2.27. The van der Waals surface area contributed by atoms with Crippen LogP contribution in [0.25, 0.3) is 11.0 Å². The van der Waals surface area contributed by atoms with Gasteiger partial charge in [-0.05, 0) is 36.9 Å². The van der Waals surface area contributed by atoms with Gasteiger partial charge in [0.05, 0.1) is 13.2 Å². The maximum absolute atomic E-state index is 12.6. The van der Waals surface area contributed by atoms with Crippen LogP contribution >= 0.6 is 11.3 Å². The third-order valence-electron chi connectivity index (χ3n) is 4.44. The number of nitrogens with zero attached hydrogens (tertiary/aromatic N) is 1. The lowest BCUT2D eigenvalue weighted by Crippen LogP contribution is -2.30. The summed E-state index contributed by atoms with van der Waals surface area (Å²) in [5.41, 5.74) is 2.36. The quantitative estimate of drug-likeness (QED) is 0.530. The van der Waals surface area contributed by atoms with Crippen LogP contribution < -0.4 is 0 Å². The molecule has 0 fully saturated rings. The van der Waals surface area contributed by atoms with E-state index in [2.05, 4.69) is 0 Å². The Balaban J connectivity index is 1.67. The number of thiophene rings is 1. The van der Waals surface area contributed by atoms with Crippen molar-refractivity contribution in [1.29, 1.82) is 0 Å². The van der Waals surface area contributed by atoms with E-state index in [1.54, 1.807) is 29.4 Å². The van der Waals surface area contributed by atoms with Gasteiger partial charge < -0.3 is 18.8 Å². The van der Waals surface area contributed by atoms with E-state index in [1.807, 2.05) is 43.5 Å². The molecule has 1 aromatic carbocycles. The monoisotopic (exact) mass is 401 g/mol. The molecule has 0 atom stereocenters. The minimum absolute atomic E-state index is 0.0826. The van der Waals surface area contributed by atoms with Crippen molar-refractivity contribution in [2.45, 2.75) is 27.0 Å². The first-order valence-corrected chi connectivity index (χ1v) is 9.91. The number of aryl methyl sites for hydroxylation is 1. The third-order valence-corrected chi connectivity index (χ3v) is 5.44. The molecule has 1 amide bonds. The molecule has 0 saturated carbocycles. The van der Waals surface area contributed by atoms with Crippen LogP contribution in [0, 0.1) is 6.92 Å². The summed E-state index contributed by atoms with van der Waals surface area (Å²) in [6, 6.07) is 9.36. The number of fused-ring (bicyclic) bond motifs is 1. The van der Waals surface area contributed by atoms with E-state index in [4.69, 9.17) is 13.9 Å². The van der Waals surface area contributed by atoms with E-state index in [1.165, 1.54) is 0 Å². The van der Waals surface area contributed by atoms with Crippen LogP contribution in [0.1, 0.15) is 33.5 Å². The number of para-hydroxylation sites is 1. The molecule has 0 bridgehead atoms. The Hall–Kier alpha value is -2.64. The molecule has 0 aliphatic heterocycles. The molecule has 7 heteroatoms. The Morgan fingerprint density at radius 3 is 2.71 bits per heavy atom. The smallest absolute Gasteiger partial charge is 0.375 e. The number of likely N-dealkylation sites (N-methyl/N-ethyl adjacent to an activating group) is 1. The summed E-state index contributed by atoms with van der Waals surface area (Å²) in [7, 11) is 1.69. The molecule has 0 radical (unpaired) electrons. The van der Waals surface area contributed by atoms with Crippen LogP contribution in [-0.2, 0) is 27.4 Å². The third kappa shape index (κ3) is 4.43. The van der Waals surface area contributed by atoms with Crippen molar-refractivity contribution in [1.82, 2.24) is 4.90 Å². The Labute approximate surface area is 167 Å². The van der Waals surface area contributed by atoms with Gasteiger partial charge in [0.15, 0.2) is 6.61 Å². The van der Waals surface area contributed by atoms with Crippen molar-refractivity contribution in [2.24, 2.45) is 0 Å². The number of carbonyl (C=O) groups is 2. The van der Waals surface area contributed by atoms with Crippen LogP contribution in [0.15, 0.2) is 40.1 Å². The van der Waals surface area contributed by atoms with E-state index in [-0.39, 0.29) is 24.9 Å². The molecule has 0 saturated heterocycles. The second-order valence-electron chi connectivity index (χ2n) is 6.40. The molecule has 148 valence electrons. The Morgan fingerprint density at radius 2 is 2.00 bits per heavy atom. The number of esters is 1. The lowest BCUT2D eigenvalue weighted by molar-refractivity contribution is -0.133. The fraction of sp³-hybridized carbons (Fsp3) is 0.333. The average molecular weight is 401 g/mol. The highest BCUT2D eigenvalue weighted by molar-refractivity contribution is 7.10. The summed E-state index contributed by atoms with van der Waals surface area (Å²) < 4.78 is 16.4. The summed E-state index contributed by atoms with van der Waals surface area (Å²) in [4.78, 5) is 27.6. The van der Waals surface area contributed by atoms with E-state index in [0.29, 0.717) is 24.3 Å². The van der Waals surface area contributed by atoms with Crippen molar-refractivity contribution < 1.29 is 23.5 Å². The van der Waals surface area contributed by atoms with Gasteiger partial charge in [-0.25, -0.2) is 4.79 Å². The number of ether oxygens (including phenoxy) is 2. The van der Waals surface area contributed by atoms with Gasteiger partial charge in [-0.3, -0.25) is 4.79 Å². The minimum atomic E-state index is -0.667. The average Bonchev–Trinajstić information content (AvgIpc) is 3.27. The Morgan fingerprint density at radius 1 is 1.21 bits per heavy atom. The normalized spacial score (nSPS) is 11.0. The van der Waals surface area contributed by atoms with E-state index >= 15 is 0 Å². The van der Waals surface area contributed by atoms with Gasteiger partial charge in [0.25, 0.3) is 5.91 Å². The van der Waals surface area contributed by atoms with Gasteiger partial charge >= 0.3 is 5.97 Å². The lowest BCUT2D eigenvalue weighted by atomic mass is 10.1. The lowest BCUT2D eigenvalue weighted by Gasteiger charge is -2.16. The summed E-state index contributed by atoms with van der Waals surface area (Å²) in [5, 5.41) is 2.80. The molecule has 0 unspecified atom stereocenters. The van der Waals surface area contributed by atoms with Gasteiger partial charge in [-0.15, -0.1) is 11.3 Å². The number of carbonyl (C=O) groups excluding carboxylic acids is 2. The number of hydrogen-bond donors (Lipinski definition) is 0. The van der Waals surface area contributed by atoms with E-state index in [0.717, 1.165) is 15.8 Å². The first-order chi connectivity index (χ1) is 13.5. The predicted molar refractivity (Wildman–Crippen MR) is 107 cm³/mol. The van der Waals surface area contributed by atoms with Crippen molar-refractivity contribution >= 4 is 34.2 Å². The maximum Gasteiger partial charge on any atom is 0.375 e. The highest BCUT2D eigenvalue weighted by Gasteiger charge is 2.23. The second kappa shape index (κ2) is 9.03. The Bertz CT molecular complexity index is 974. The molecular weight excluding hydrogens is 378 g/mol. The number of furan rings is 1. The van der Waals surface area contributed by atoms with Crippen LogP contribution in [0.4, 0.5) is 0 Å². The van der Waals surface area contributed by atoms with Crippen LogP contribution in [0.3, 0.4) is 0 Å². The Kier molecular flexibility index (Phi) is 6.49. The molecule has 0 spiro atoms. The zero-order chi connectivity index (χ0) is 20.1. The molecular formula is C21H23NO5S. The first-order valence-electron chi connectivity index (χ1n) is 9.03. The van der Waals surface area contributed by atoms with Crippen LogP contribution in [0.2, 0.25) is 0 Å². The molecule has 3 rings (SSSR count). The van der Waals surface area contributed by atoms with Gasteiger partial charge in [-0.1, -0.05) is 18.2 Å². The van der Waals surface area contributed by atoms with Crippen molar-refractivity contribution in [3.63, 3.8) is 0 Å². The zero-order valence-electron chi connectivity index (χ0n) is 16.2. The number of rotatable bonds is 8. The molecule has 2 aromatic heterocycles. The minimum Gasteiger partial charge on any atom is -0.450 e. The standard InChI is InChI=1S/C21H23NO5S/c1-4-25-12-16-15-7-5-6-8-17(15)27-20(16)21(24)26-13-19(23)22(3)11-18-14(2)9-10-28-18/h5-10H,4,11-13H2,1-3H3. The molecule has 28 heavy (non-hydrogen) atoms. The van der Waals surface area contributed by atoms with Crippen LogP contribution in [-0.4, -0.2) is 37.0 Å². The zero-order valence-corrected chi connectivity index (χ0v) is 17.0. The maximum atomic E-state index is 12.6. The second-order valence-corrected chi connectivity index (χ2v) is 7.40. The molecule has 3 aromatic rings. The van der Waals surface area contributed by atoms with Gasteiger partial charge in [0.2, 0.25) is 5.76 Å². The summed E-state index contributed by atoms with van der Waals surface area (Å²) in [5.74, 6) is -0.859. The van der Waals surface area contributed by atoms with Crippen molar-refractivity contribution in [3.05, 3.63) is 57.5 Å². The molecule has 0 N–H and O–H groups in total. The molecule has 0 aliphatic rings. The van der Waals surface area contributed by atoms with E-state index in [9.17, 15) is 9.59 Å². The SMILES string of the molecule is CCOCc1c(C(=O)OCC(=O)N(C)Cc2sccc2C)oc2ccccc12. The summed E-state index contributed by atoms with van der Waals surface area (Å²) in [6.07, 6.45) is 0. The number of benzene rings is 1. The first kappa shape index (κ1) is 20.1. The van der Waals surface area contributed by atoms with Gasteiger partial charge in [0.1, 0.15) is 5.58 Å². The van der Waals surface area contributed by atoms with Crippen molar-refractivity contribution in [3.8, 4) is 0 Å². The fourth-order valence-corrected chi connectivity index (χ4v) is 3.74. The van der Waals surface area contributed by atoms with Gasteiger partial charge in [0, 0.05) is 29.5 Å². The van der Waals surface area contributed by atoms with Crippen LogP contribution in [0.5, 0.6) is 0 Å². The predicted octanol–water partition coefficient (Wildman–Crippen LogP) is 4.15. The highest BCUT2D eigenvalue weighted by atomic mass is 32.1. The van der Waals surface area contributed by atoms with Crippen molar-refractivity contribution in [2.75, 3.05) is 20.3 Å². The molecule has 6 nitrogen and oxygen atoms in total. The number of hydrogen-bond acceptors (Lipinski definition) is 6. The summed E-state index contributed by atoms with van der Waals surface area (Å²) >= 11 is 1.60. The van der Waals surface area contributed by atoms with Gasteiger partial charge in [-0.2, -0.15) is 0 Å². The topological polar surface area (TPSA) is 69.0 Å². The van der Waals surface area contributed by atoms with E-state index < -0.39 is 5.97 Å². The number of amides is 1. The molecule has 0 aliphatic carbocycles.